The van der Waals surface area contributed by atoms with E-state index in [4.69, 9.17) is 9.47 Å². The summed E-state index contributed by atoms with van der Waals surface area (Å²) in [5.74, 6) is 1.24. The number of aromatic nitrogens is 1. The first-order chi connectivity index (χ1) is 19.0. The number of amides is 2. The summed E-state index contributed by atoms with van der Waals surface area (Å²) in [5.41, 5.74) is 5.00. The first kappa shape index (κ1) is 25.0. The van der Waals surface area contributed by atoms with Crippen molar-refractivity contribution in [2.24, 2.45) is 0 Å². The Labute approximate surface area is 228 Å². The van der Waals surface area contributed by atoms with E-state index >= 15 is 0 Å². The van der Waals surface area contributed by atoms with Gasteiger partial charge in [-0.15, -0.1) is 0 Å². The van der Waals surface area contributed by atoms with Crippen LogP contribution in [0.4, 0.5) is 0 Å². The van der Waals surface area contributed by atoms with Crippen LogP contribution in [0.2, 0.25) is 0 Å². The molecule has 0 aliphatic carbocycles. The number of ether oxygens (including phenoxy) is 2. The van der Waals surface area contributed by atoms with Gasteiger partial charge in [0, 0.05) is 34.6 Å². The van der Waals surface area contributed by atoms with Crippen molar-refractivity contribution in [3.8, 4) is 11.5 Å². The number of rotatable bonds is 7. The fraction of sp³-hybridized carbons (Fsp3) is 0.312. The number of aryl methyl sites for hydroxylation is 1. The molecule has 0 unspecified atom stereocenters. The number of hydrogen-bond donors (Lipinski definition) is 1. The van der Waals surface area contributed by atoms with Gasteiger partial charge in [0.2, 0.25) is 11.8 Å². The summed E-state index contributed by atoms with van der Waals surface area (Å²) in [6.07, 6.45) is 2.11. The molecule has 0 radical (unpaired) electrons. The van der Waals surface area contributed by atoms with Gasteiger partial charge in [0.1, 0.15) is 30.1 Å². The van der Waals surface area contributed by atoms with Gasteiger partial charge >= 0.3 is 0 Å². The predicted octanol–water partition coefficient (Wildman–Crippen LogP) is 4.89. The maximum atomic E-state index is 14.1. The van der Waals surface area contributed by atoms with E-state index in [9.17, 15) is 9.59 Å². The molecule has 0 bridgehead atoms. The number of aromatic amines is 1. The summed E-state index contributed by atoms with van der Waals surface area (Å²) in [6.45, 7) is 2.11. The van der Waals surface area contributed by atoms with Crippen molar-refractivity contribution in [3.63, 3.8) is 0 Å². The molecule has 1 N–H and O–H groups in total. The molecule has 7 nitrogen and oxygen atoms in total. The monoisotopic (exact) mass is 523 g/mol. The Morgan fingerprint density at radius 2 is 1.74 bits per heavy atom. The Bertz CT molecular complexity index is 1530. The van der Waals surface area contributed by atoms with Gasteiger partial charge in [-0.3, -0.25) is 9.59 Å². The lowest BCUT2D eigenvalue weighted by Crippen LogP contribution is -2.64. The van der Waals surface area contributed by atoms with Crippen LogP contribution in [0, 0.1) is 0 Å². The van der Waals surface area contributed by atoms with Gasteiger partial charge in [-0.25, -0.2) is 0 Å². The molecule has 1 fully saturated rings. The van der Waals surface area contributed by atoms with Gasteiger partial charge in [0.25, 0.3) is 0 Å². The Morgan fingerprint density at radius 3 is 2.51 bits per heavy atom. The van der Waals surface area contributed by atoms with E-state index in [1.165, 1.54) is 5.56 Å². The lowest BCUT2D eigenvalue weighted by Gasteiger charge is -2.48. The Kier molecular flexibility index (Phi) is 6.51. The molecule has 3 aromatic carbocycles. The maximum Gasteiger partial charge on any atom is 0.246 e. The Balaban J connectivity index is 1.41. The van der Waals surface area contributed by atoms with Gasteiger partial charge in [-0.1, -0.05) is 48.5 Å². The Morgan fingerprint density at radius 1 is 0.974 bits per heavy atom. The smallest absolute Gasteiger partial charge is 0.246 e. The van der Waals surface area contributed by atoms with Crippen LogP contribution in [-0.2, 0) is 22.4 Å². The molecule has 2 amide bonds. The van der Waals surface area contributed by atoms with Crippen LogP contribution in [0.3, 0.4) is 0 Å². The average molecular weight is 524 g/mol. The summed E-state index contributed by atoms with van der Waals surface area (Å²) in [6, 6.07) is 22.8. The van der Waals surface area contributed by atoms with Gasteiger partial charge < -0.3 is 24.3 Å². The molecule has 7 heteroatoms. The van der Waals surface area contributed by atoms with Crippen molar-refractivity contribution in [1.29, 1.82) is 0 Å². The first-order valence-electron chi connectivity index (χ1n) is 13.5. The third-order valence-electron chi connectivity index (χ3n) is 8.25. The maximum absolute atomic E-state index is 14.1. The molecule has 4 aromatic rings. The number of fused-ring (bicyclic) bond motifs is 4. The molecule has 2 aliphatic rings. The Hall–Kier alpha value is -4.26. The van der Waals surface area contributed by atoms with E-state index in [1.807, 2.05) is 61.5 Å². The second kappa shape index (κ2) is 10.1. The van der Waals surface area contributed by atoms with Gasteiger partial charge in [-0.05, 0) is 55.2 Å². The molecular formula is C32H33N3O4. The zero-order valence-electron chi connectivity index (χ0n) is 22.5. The number of para-hydroxylation sites is 1. The SMILES string of the molecule is COc1ccc(OC)c([C@@H]2c3[nH]c4ccccc4c3C[C@H]3C(=O)N([C@@H](C)CCc4ccccc4)CC(=O)N23)c1. The highest BCUT2D eigenvalue weighted by Crippen LogP contribution is 2.46. The van der Waals surface area contributed by atoms with Crippen molar-refractivity contribution in [2.75, 3.05) is 20.8 Å². The van der Waals surface area contributed by atoms with Crippen molar-refractivity contribution in [1.82, 2.24) is 14.8 Å². The van der Waals surface area contributed by atoms with E-state index in [2.05, 4.69) is 23.2 Å². The predicted molar refractivity (Wildman–Crippen MR) is 150 cm³/mol. The number of nitrogens with zero attached hydrogens (tertiary/aromatic N) is 2. The molecule has 0 saturated carbocycles. The van der Waals surface area contributed by atoms with Crippen LogP contribution in [0.1, 0.15) is 41.8 Å². The van der Waals surface area contributed by atoms with E-state index in [0.717, 1.165) is 40.6 Å². The number of carbonyl (C=O) groups is 2. The van der Waals surface area contributed by atoms with Crippen molar-refractivity contribution in [3.05, 3.63) is 95.2 Å². The summed E-state index contributed by atoms with van der Waals surface area (Å²) < 4.78 is 11.3. The lowest BCUT2D eigenvalue weighted by atomic mass is 9.85. The fourth-order valence-corrected chi connectivity index (χ4v) is 6.21. The number of methoxy groups -OCH3 is 2. The number of benzene rings is 3. The molecular weight excluding hydrogens is 490 g/mol. The minimum atomic E-state index is -0.599. The van der Waals surface area contributed by atoms with Crippen LogP contribution in [-0.4, -0.2) is 59.4 Å². The second-order valence-electron chi connectivity index (χ2n) is 10.4. The van der Waals surface area contributed by atoms with Gasteiger partial charge in [-0.2, -0.15) is 0 Å². The summed E-state index contributed by atoms with van der Waals surface area (Å²) >= 11 is 0. The zero-order chi connectivity index (χ0) is 27.1. The molecule has 3 heterocycles. The van der Waals surface area contributed by atoms with Crippen LogP contribution in [0.25, 0.3) is 10.9 Å². The normalized spacial score (nSPS) is 19.6. The van der Waals surface area contributed by atoms with Crippen LogP contribution in [0.15, 0.2) is 72.8 Å². The van der Waals surface area contributed by atoms with Crippen molar-refractivity contribution in [2.45, 2.75) is 44.3 Å². The van der Waals surface area contributed by atoms with Gasteiger partial charge in [0.15, 0.2) is 0 Å². The summed E-state index contributed by atoms with van der Waals surface area (Å²) in [5, 5.41) is 1.08. The number of piperazine rings is 1. The number of hydrogen-bond acceptors (Lipinski definition) is 4. The van der Waals surface area contributed by atoms with E-state index in [-0.39, 0.29) is 24.4 Å². The molecule has 0 spiro atoms. The van der Waals surface area contributed by atoms with Crippen LogP contribution < -0.4 is 9.47 Å². The molecule has 1 saturated heterocycles. The highest BCUT2D eigenvalue weighted by atomic mass is 16.5. The highest BCUT2D eigenvalue weighted by molar-refractivity contribution is 5.98. The van der Waals surface area contributed by atoms with Crippen LogP contribution in [0.5, 0.6) is 11.5 Å². The first-order valence-corrected chi connectivity index (χ1v) is 13.5. The molecule has 39 heavy (non-hydrogen) atoms. The molecule has 6 rings (SSSR count). The number of H-pyrrole nitrogens is 1. The second-order valence-corrected chi connectivity index (χ2v) is 10.4. The van der Waals surface area contributed by atoms with Crippen LogP contribution >= 0.6 is 0 Å². The third kappa shape index (κ3) is 4.32. The number of nitrogens with one attached hydrogen (secondary N) is 1. The summed E-state index contributed by atoms with van der Waals surface area (Å²) in [7, 11) is 3.24. The quantitative estimate of drug-likeness (QED) is 0.374. The zero-order valence-corrected chi connectivity index (χ0v) is 22.5. The molecule has 2 aliphatic heterocycles. The summed E-state index contributed by atoms with van der Waals surface area (Å²) in [4.78, 5) is 35.3. The van der Waals surface area contributed by atoms with E-state index in [0.29, 0.717) is 17.9 Å². The number of carbonyl (C=O) groups excluding carboxylic acids is 2. The largest absolute Gasteiger partial charge is 0.497 e. The molecule has 200 valence electrons. The minimum Gasteiger partial charge on any atom is -0.497 e. The third-order valence-corrected chi connectivity index (χ3v) is 8.25. The minimum absolute atomic E-state index is 0.00189. The lowest BCUT2D eigenvalue weighted by molar-refractivity contribution is -0.160. The molecule has 3 atom stereocenters. The van der Waals surface area contributed by atoms with Crippen molar-refractivity contribution >= 4 is 22.7 Å². The topological polar surface area (TPSA) is 74.9 Å². The fourth-order valence-electron chi connectivity index (χ4n) is 6.21. The van der Waals surface area contributed by atoms with E-state index in [1.54, 1.807) is 24.0 Å². The standard InChI is InChI=1S/C32H33N3O4/c1-20(13-14-21-9-5-4-6-10-21)34-19-29(36)35-27(32(34)37)18-24-23-11-7-8-12-26(23)33-30(24)31(35)25-17-22(38-2)15-16-28(25)39-3/h4-12,15-17,20,27,31,33H,13-14,18-19H2,1-3H3/t20-,27-,31+/m0/s1. The van der Waals surface area contributed by atoms with E-state index < -0.39 is 12.1 Å². The van der Waals surface area contributed by atoms with Crippen molar-refractivity contribution < 1.29 is 19.1 Å². The highest BCUT2D eigenvalue weighted by Gasteiger charge is 2.49. The average Bonchev–Trinajstić information content (AvgIpc) is 3.35. The molecule has 1 aromatic heterocycles. The van der Waals surface area contributed by atoms with Gasteiger partial charge in [0.05, 0.1) is 14.2 Å².